The van der Waals surface area contributed by atoms with Gasteiger partial charge in [0.1, 0.15) is 38.0 Å². The van der Waals surface area contributed by atoms with E-state index in [1.807, 2.05) is 20.0 Å². The molecule has 4 N–H and O–H groups in total. The van der Waals surface area contributed by atoms with Gasteiger partial charge >= 0.3 is 12.1 Å². The van der Waals surface area contributed by atoms with E-state index >= 15 is 0 Å². The Morgan fingerprint density at radius 1 is 0.725 bits per heavy atom. The van der Waals surface area contributed by atoms with Crippen LogP contribution in [0.2, 0.25) is 0 Å². The zero-order chi connectivity index (χ0) is 77.9. The molecule has 0 radical (unpaired) electrons. The second kappa shape index (κ2) is 45.8. The lowest BCUT2D eigenvalue weighted by Gasteiger charge is -2.35. The molecule has 3 aliphatic heterocycles. The number of rotatable bonds is 50. The second-order valence-electron chi connectivity index (χ2n) is 27.6. The van der Waals surface area contributed by atoms with Crippen LogP contribution in [0.1, 0.15) is 152 Å². The molecular formula is C79H110N8O22. The van der Waals surface area contributed by atoms with E-state index in [9.17, 15) is 48.3 Å². The number of phenols is 1. The molecule has 2 fully saturated rings. The first-order valence-electron chi connectivity index (χ1n) is 38.4. The normalized spacial score (nSPS) is 17.5. The number of phenolic OH excluding ortho intramolecular Hbond substituents is 1. The van der Waals surface area contributed by atoms with Crippen LogP contribution in [0, 0.1) is 23.7 Å². The third kappa shape index (κ3) is 26.4. The number of cyclic esters (lactones) is 1. The molecule has 0 bridgehead atoms. The summed E-state index contributed by atoms with van der Waals surface area (Å²) in [7, 11) is 0. The topological polar surface area (TPSA) is 374 Å². The van der Waals surface area contributed by atoms with E-state index in [0.717, 1.165) is 67.2 Å². The molecule has 3 atom stereocenters. The van der Waals surface area contributed by atoms with Gasteiger partial charge in [-0.05, 0) is 118 Å². The minimum atomic E-state index is -1.91. The van der Waals surface area contributed by atoms with Crippen LogP contribution in [0.4, 0.5) is 10.5 Å². The smallest absolute Gasteiger partial charge is 0.508 e. The number of hydrogen-bond acceptors (Lipinski definition) is 26. The number of ketones is 3. The number of aromatic nitrogens is 5. The number of anilines is 1. The first-order valence-corrected chi connectivity index (χ1v) is 38.4. The van der Waals surface area contributed by atoms with Gasteiger partial charge in [0.15, 0.2) is 11.6 Å². The Kier molecular flexibility index (Phi) is 36.2. The van der Waals surface area contributed by atoms with Crippen molar-refractivity contribution in [1.29, 1.82) is 0 Å². The van der Waals surface area contributed by atoms with E-state index in [4.69, 9.17) is 67.6 Å². The number of benzene rings is 2. The van der Waals surface area contributed by atoms with Crippen molar-refractivity contribution in [2.24, 2.45) is 29.4 Å². The monoisotopic (exact) mass is 1520 g/mol. The quantitative estimate of drug-likeness (QED) is 0.0186. The van der Waals surface area contributed by atoms with Gasteiger partial charge in [0.05, 0.1) is 140 Å². The number of Topliss-reactive ketones (excluding diaryl/α,β-unsaturated/α-hetero) is 3. The lowest BCUT2D eigenvalue weighted by atomic mass is 9.79. The van der Waals surface area contributed by atoms with Crippen molar-refractivity contribution in [3.05, 3.63) is 98.6 Å². The number of hydrogen-bond donors (Lipinski definition) is 3. The Morgan fingerprint density at radius 3 is 1.94 bits per heavy atom. The van der Waals surface area contributed by atoms with E-state index in [0.29, 0.717) is 198 Å². The molecule has 109 heavy (non-hydrogen) atoms. The number of pyridine rings is 2. The van der Waals surface area contributed by atoms with Crippen molar-refractivity contribution in [3.8, 4) is 17.1 Å². The van der Waals surface area contributed by atoms with E-state index in [-0.39, 0.29) is 121 Å². The summed E-state index contributed by atoms with van der Waals surface area (Å²) < 4.78 is 69.1. The van der Waals surface area contributed by atoms with Gasteiger partial charge in [0, 0.05) is 91.4 Å². The van der Waals surface area contributed by atoms with Crippen LogP contribution in [0.25, 0.3) is 22.3 Å². The summed E-state index contributed by atoms with van der Waals surface area (Å²) in [5, 5.41) is 22.2. The van der Waals surface area contributed by atoms with Gasteiger partial charge < -0.3 is 77.6 Å². The molecule has 4 aliphatic rings. The fraction of sp³-hybridized carbons (Fsp3) is 0.620. The zero-order valence-electron chi connectivity index (χ0n) is 63.9. The van der Waals surface area contributed by atoms with Crippen LogP contribution in [0.5, 0.6) is 5.75 Å². The number of carbonyl (C=O) groups is 8. The van der Waals surface area contributed by atoms with Crippen molar-refractivity contribution >= 4 is 63.8 Å². The maximum absolute atomic E-state index is 13.9. The Hall–Kier alpha value is -8.30. The summed E-state index contributed by atoms with van der Waals surface area (Å²) in [5.41, 5.74) is 9.36. The maximum atomic E-state index is 13.9. The average molecular weight is 1520 g/mol. The van der Waals surface area contributed by atoms with Gasteiger partial charge in [0.2, 0.25) is 23.3 Å². The number of likely N-dealkylation sites (tertiary alicyclic amines) is 1. The number of ether oxygens (including phenoxy) is 12. The third-order valence-corrected chi connectivity index (χ3v) is 19.6. The molecule has 3 aromatic heterocycles. The van der Waals surface area contributed by atoms with E-state index in [2.05, 4.69) is 15.6 Å². The van der Waals surface area contributed by atoms with Crippen molar-refractivity contribution in [1.82, 2.24) is 29.4 Å². The molecule has 3 unspecified atom stereocenters. The molecule has 3 amide bonds. The molecule has 30 heteroatoms. The Bertz CT molecular complexity index is 3840. The number of nitrogens with zero attached hydrogens (tertiary/aromatic N) is 6. The molecular weight excluding hydrogens is 1410 g/mol. The van der Waals surface area contributed by atoms with Crippen LogP contribution < -0.4 is 16.6 Å². The third-order valence-electron chi connectivity index (χ3n) is 19.6. The highest BCUT2D eigenvalue weighted by Gasteiger charge is 2.51. The summed E-state index contributed by atoms with van der Waals surface area (Å²) in [5.74, 6) is -0.735. The predicted octanol–water partition coefficient (Wildman–Crippen LogP) is 7.87. The summed E-state index contributed by atoms with van der Waals surface area (Å²) in [6.07, 6.45) is 9.91. The summed E-state index contributed by atoms with van der Waals surface area (Å²) in [4.78, 5) is 119. The minimum Gasteiger partial charge on any atom is -0.508 e. The number of fused-ring (bicyclic) bond motifs is 5. The highest BCUT2D eigenvalue weighted by molar-refractivity contribution is 6.03. The van der Waals surface area contributed by atoms with Crippen LogP contribution >= 0.6 is 0 Å². The standard InChI is InChI=1S/C42H70N4O14.C37H40N4O8/c1-3-38(47)32-60-33-39(48)5-4-13-52-15-17-54-19-21-56-23-25-58-27-28-59-26-24-57-22-20-55-18-16-53-14-12-45-31-37(43-44-45)10-11-40(49)36-8-6-35(7-9-36)30-46-41(50)29-34(2)42(46)51;1-4-25-26-16-24(42)13-14-30(26)40-32-27(25)18-41-31(32)17-29-28(34(41)44)20-47-35(45)37(29,5-2)49-36(46)48-19-22-9-11-23(12-10-22)39-33(43)21(3)8-6-7-15-38/h31,34-36H,3-30,32-33H2,1-2H3;9-14,16-17,21,42H,4-8,15,18-20,38H2,1-3H3,(H,39,43). The van der Waals surface area contributed by atoms with E-state index in [1.54, 1.807) is 78.6 Å². The van der Waals surface area contributed by atoms with Gasteiger partial charge in [-0.15, -0.1) is 5.10 Å². The van der Waals surface area contributed by atoms with Gasteiger partial charge in [-0.25, -0.2) is 19.3 Å². The highest BCUT2D eigenvalue weighted by Crippen LogP contribution is 2.43. The number of carbonyl (C=O) groups excluding carboxylic acids is 8. The Balaban J connectivity index is 0.000000279. The second-order valence-corrected chi connectivity index (χ2v) is 27.6. The molecule has 1 aliphatic carbocycles. The summed E-state index contributed by atoms with van der Waals surface area (Å²) in [6, 6.07) is 13.5. The molecule has 1 saturated heterocycles. The van der Waals surface area contributed by atoms with Crippen molar-refractivity contribution in [3.63, 3.8) is 0 Å². The van der Waals surface area contributed by atoms with Gasteiger partial charge in [-0.2, -0.15) is 0 Å². The largest absolute Gasteiger partial charge is 0.510 e. The molecule has 9 rings (SSSR count). The van der Waals surface area contributed by atoms with Crippen LogP contribution in [0.15, 0.2) is 59.5 Å². The number of unbranched alkanes of at least 4 members (excludes halogenated alkanes) is 1. The molecule has 2 aromatic carbocycles. The fourth-order valence-electron chi connectivity index (χ4n) is 13.3. The molecule has 5 aromatic rings. The van der Waals surface area contributed by atoms with Gasteiger partial charge in [-0.1, -0.05) is 58.4 Å². The van der Waals surface area contributed by atoms with E-state index in [1.165, 1.54) is 4.90 Å². The Labute approximate surface area is 636 Å². The predicted molar refractivity (Wildman–Crippen MR) is 398 cm³/mol. The number of nitrogens with one attached hydrogen (secondary N) is 1. The average Bonchev–Trinajstić information content (AvgIpc) is 1.63. The van der Waals surface area contributed by atoms with Gasteiger partial charge in [0.25, 0.3) is 5.56 Å². The number of amides is 3. The zero-order valence-corrected chi connectivity index (χ0v) is 63.9. The van der Waals surface area contributed by atoms with Crippen molar-refractivity contribution in [2.45, 2.75) is 163 Å². The number of aromatic hydroxyl groups is 1. The maximum Gasteiger partial charge on any atom is 0.510 e. The molecule has 6 heterocycles. The number of esters is 1. The van der Waals surface area contributed by atoms with Crippen LogP contribution in [-0.2, 0) is 135 Å². The van der Waals surface area contributed by atoms with E-state index < -0.39 is 17.7 Å². The van der Waals surface area contributed by atoms with Crippen LogP contribution in [0.3, 0.4) is 0 Å². The first-order chi connectivity index (χ1) is 52.9. The molecule has 1 saturated carbocycles. The number of imide groups is 1. The Morgan fingerprint density at radius 2 is 1.35 bits per heavy atom. The van der Waals surface area contributed by atoms with Crippen molar-refractivity contribution in [2.75, 3.05) is 137 Å². The molecule has 0 spiro atoms. The minimum absolute atomic E-state index is 0.00659. The lowest BCUT2D eigenvalue weighted by molar-refractivity contribution is -0.175. The molecule has 30 nitrogen and oxygen atoms in total. The first kappa shape index (κ1) is 86.3. The SMILES string of the molecule is CCC(=O)COCC(=O)CCCOCCOCCOCCOCCOCCOCCOCCOCCn1cc(CCC(=O)C2CCC(CN3C(=O)CC(C)C3=O)CC2)nn1.CCc1c2c(nc3ccc(O)cc13)-c1cc3c(c(=O)n1C2)COC(=O)C3(CC)OC(=O)OCc1ccc(NC(=O)C(C)CCCCN)cc1. The van der Waals surface area contributed by atoms with Crippen LogP contribution in [-0.4, -0.2) is 214 Å². The van der Waals surface area contributed by atoms with Crippen molar-refractivity contribution < 1.29 is 100 Å². The lowest BCUT2D eigenvalue weighted by Crippen LogP contribution is -2.47. The van der Waals surface area contributed by atoms with Gasteiger partial charge in [-0.3, -0.25) is 38.5 Å². The summed E-state index contributed by atoms with van der Waals surface area (Å²) >= 11 is 0. The highest BCUT2D eigenvalue weighted by atomic mass is 16.7. The number of nitrogens with two attached hydrogens (primary N) is 1. The summed E-state index contributed by atoms with van der Waals surface area (Å²) in [6.45, 7) is 18.0. The molecule has 598 valence electrons. The fourth-order valence-corrected chi connectivity index (χ4v) is 13.3. The number of aryl methyl sites for hydroxylation is 2.